The number of aromatic hydroxyl groups is 1. The van der Waals surface area contributed by atoms with Gasteiger partial charge >= 0.3 is 11.8 Å². The summed E-state index contributed by atoms with van der Waals surface area (Å²) < 4.78 is 1.37. The molecule has 0 bridgehead atoms. The van der Waals surface area contributed by atoms with E-state index in [1.165, 1.54) is 4.57 Å². The fraction of sp³-hybridized carbons (Fsp3) is 0.115. The second-order valence-corrected chi connectivity index (χ2v) is 7.87. The fourth-order valence-electron chi connectivity index (χ4n) is 3.59. The van der Waals surface area contributed by atoms with Crippen molar-refractivity contribution in [2.75, 3.05) is 5.32 Å². The second-order valence-electron chi connectivity index (χ2n) is 7.87. The molecule has 9 heteroatoms. The number of nitrogens with one attached hydrogen (secondary N) is 2. The van der Waals surface area contributed by atoms with Crippen molar-refractivity contribution in [2.45, 2.75) is 20.0 Å². The van der Waals surface area contributed by atoms with E-state index < -0.39 is 11.8 Å². The molecule has 1 heterocycles. The zero-order valence-electron chi connectivity index (χ0n) is 18.9. The van der Waals surface area contributed by atoms with Crippen LogP contribution in [0.5, 0.6) is 5.88 Å². The Bertz CT molecular complexity index is 1430. The van der Waals surface area contributed by atoms with Crippen LogP contribution in [0.2, 0.25) is 0 Å². The molecule has 0 saturated heterocycles. The third-order valence-electron chi connectivity index (χ3n) is 5.25. The summed E-state index contributed by atoms with van der Waals surface area (Å²) >= 11 is 0. The molecule has 0 unspecified atom stereocenters. The molecule has 0 saturated carbocycles. The molecule has 0 radical (unpaired) electrons. The molecule has 3 N–H and O–H groups in total. The van der Waals surface area contributed by atoms with Crippen LogP contribution >= 0.6 is 0 Å². The van der Waals surface area contributed by atoms with Crippen LogP contribution in [0.4, 0.5) is 11.4 Å². The standard InChI is InChI=1S/C26H23N5O4/c1-17-8-7-11-19(14-17)28-22(32)16-31-21-13-6-5-12-20(21)23(26(31)35)29-30-25(34)24(33)27-15-18-9-3-2-4-10-18/h2-14,35H,15-16H2,1H3,(H,27,33)(H,28,32). The largest absolute Gasteiger partial charge is 0.493 e. The number of carbonyl (C=O) groups excluding carboxylic acids is 3. The van der Waals surface area contributed by atoms with Crippen molar-refractivity contribution >= 4 is 40.0 Å². The molecule has 0 atom stereocenters. The van der Waals surface area contributed by atoms with E-state index in [1.807, 2.05) is 55.5 Å². The number of azo groups is 1. The number of aromatic nitrogens is 1. The van der Waals surface area contributed by atoms with Gasteiger partial charge in [0, 0.05) is 17.6 Å². The molecule has 1 aromatic heterocycles. The Morgan fingerprint density at radius 2 is 1.69 bits per heavy atom. The van der Waals surface area contributed by atoms with Crippen LogP contribution in [0.1, 0.15) is 11.1 Å². The van der Waals surface area contributed by atoms with Crippen LogP contribution in [-0.2, 0) is 27.5 Å². The summed E-state index contributed by atoms with van der Waals surface area (Å²) in [6.45, 7) is 1.89. The Morgan fingerprint density at radius 3 is 2.46 bits per heavy atom. The lowest BCUT2D eigenvalue weighted by atomic mass is 10.2. The molecule has 0 spiro atoms. The number of para-hydroxylation sites is 1. The van der Waals surface area contributed by atoms with E-state index in [9.17, 15) is 19.5 Å². The molecule has 176 valence electrons. The molecule has 3 amide bonds. The van der Waals surface area contributed by atoms with E-state index in [-0.39, 0.29) is 30.6 Å². The molecule has 4 rings (SSSR count). The van der Waals surface area contributed by atoms with Gasteiger partial charge in [0.25, 0.3) is 0 Å². The first-order valence-corrected chi connectivity index (χ1v) is 10.9. The average Bonchev–Trinajstić information content (AvgIpc) is 3.12. The lowest BCUT2D eigenvalue weighted by Gasteiger charge is -2.09. The third kappa shape index (κ3) is 5.59. The van der Waals surface area contributed by atoms with Crippen molar-refractivity contribution in [3.8, 4) is 5.88 Å². The molecular weight excluding hydrogens is 446 g/mol. The SMILES string of the molecule is Cc1cccc(NC(=O)Cn2c(O)c(N=NC(=O)C(=O)NCc3ccccc3)c3ccccc32)c1. The number of hydrogen-bond donors (Lipinski definition) is 3. The Labute approximate surface area is 201 Å². The van der Waals surface area contributed by atoms with Crippen LogP contribution in [0.15, 0.2) is 89.1 Å². The fourth-order valence-corrected chi connectivity index (χ4v) is 3.59. The molecule has 0 aliphatic rings. The number of hydrogen-bond acceptors (Lipinski definition) is 5. The minimum atomic E-state index is -1.10. The van der Waals surface area contributed by atoms with Crippen molar-refractivity contribution in [1.82, 2.24) is 9.88 Å². The molecule has 3 aromatic carbocycles. The second kappa shape index (κ2) is 10.4. The summed E-state index contributed by atoms with van der Waals surface area (Å²) in [4.78, 5) is 36.9. The number of nitrogens with zero attached hydrogens (tertiary/aromatic N) is 3. The molecule has 9 nitrogen and oxygen atoms in total. The maximum atomic E-state index is 12.6. The van der Waals surface area contributed by atoms with E-state index in [4.69, 9.17) is 0 Å². The topological polar surface area (TPSA) is 125 Å². The third-order valence-corrected chi connectivity index (χ3v) is 5.25. The monoisotopic (exact) mass is 469 g/mol. The van der Waals surface area contributed by atoms with E-state index >= 15 is 0 Å². The summed E-state index contributed by atoms with van der Waals surface area (Å²) in [6.07, 6.45) is 0. The number of aryl methyl sites for hydroxylation is 1. The van der Waals surface area contributed by atoms with Gasteiger partial charge < -0.3 is 20.3 Å². The first-order chi connectivity index (χ1) is 16.9. The van der Waals surface area contributed by atoms with E-state index in [0.29, 0.717) is 16.6 Å². The zero-order chi connectivity index (χ0) is 24.8. The van der Waals surface area contributed by atoms with E-state index in [1.54, 1.807) is 30.3 Å². The predicted octanol–water partition coefficient (Wildman–Crippen LogP) is 4.22. The summed E-state index contributed by atoms with van der Waals surface area (Å²) in [6, 6.07) is 23.3. The van der Waals surface area contributed by atoms with Crippen LogP contribution in [-0.4, -0.2) is 27.4 Å². The van der Waals surface area contributed by atoms with Gasteiger partial charge in [0.1, 0.15) is 6.54 Å². The lowest BCUT2D eigenvalue weighted by molar-refractivity contribution is -0.137. The summed E-state index contributed by atoms with van der Waals surface area (Å²) in [5.41, 5.74) is 2.98. The van der Waals surface area contributed by atoms with Gasteiger partial charge in [0.05, 0.1) is 5.52 Å². The van der Waals surface area contributed by atoms with Gasteiger partial charge in [0.2, 0.25) is 11.8 Å². The van der Waals surface area contributed by atoms with Crippen molar-refractivity contribution < 1.29 is 19.5 Å². The van der Waals surface area contributed by atoms with Gasteiger partial charge in [-0.15, -0.1) is 10.2 Å². The maximum Gasteiger partial charge on any atom is 0.353 e. The van der Waals surface area contributed by atoms with Gasteiger partial charge in [-0.05, 0) is 36.2 Å². The number of fused-ring (bicyclic) bond motifs is 1. The highest BCUT2D eigenvalue weighted by molar-refractivity contribution is 6.35. The normalized spacial score (nSPS) is 11.0. The highest BCUT2D eigenvalue weighted by Gasteiger charge is 2.20. The van der Waals surface area contributed by atoms with Crippen molar-refractivity contribution in [3.05, 3.63) is 90.0 Å². The summed E-state index contributed by atoms with van der Waals surface area (Å²) in [5, 5.41) is 23.9. The number of carbonyl (C=O) groups is 3. The maximum absolute atomic E-state index is 12.6. The number of anilines is 1. The van der Waals surface area contributed by atoms with Crippen LogP contribution in [0, 0.1) is 6.92 Å². The predicted molar refractivity (Wildman–Crippen MR) is 131 cm³/mol. The van der Waals surface area contributed by atoms with Crippen molar-refractivity contribution in [3.63, 3.8) is 0 Å². The lowest BCUT2D eigenvalue weighted by Crippen LogP contribution is -2.29. The Morgan fingerprint density at radius 1 is 0.943 bits per heavy atom. The number of benzene rings is 3. The molecule has 0 aliphatic carbocycles. The van der Waals surface area contributed by atoms with Crippen LogP contribution < -0.4 is 10.6 Å². The number of rotatable bonds is 6. The van der Waals surface area contributed by atoms with Crippen LogP contribution in [0.25, 0.3) is 10.9 Å². The van der Waals surface area contributed by atoms with Gasteiger partial charge in [-0.2, -0.15) is 0 Å². The Balaban J connectivity index is 1.50. The van der Waals surface area contributed by atoms with Gasteiger partial charge in [-0.3, -0.25) is 14.4 Å². The molecular formula is C26H23N5O4. The molecule has 0 fully saturated rings. The molecule has 35 heavy (non-hydrogen) atoms. The smallest absolute Gasteiger partial charge is 0.353 e. The van der Waals surface area contributed by atoms with Crippen molar-refractivity contribution in [1.29, 1.82) is 0 Å². The zero-order valence-corrected chi connectivity index (χ0v) is 18.9. The summed E-state index contributed by atoms with van der Waals surface area (Å²) in [7, 11) is 0. The molecule has 4 aromatic rings. The van der Waals surface area contributed by atoms with E-state index in [2.05, 4.69) is 20.9 Å². The minimum Gasteiger partial charge on any atom is -0.493 e. The molecule has 0 aliphatic heterocycles. The highest BCUT2D eigenvalue weighted by atomic mass is 16.3. The Hall–Kier alpha value is -4.79. The first-order valence-electron chi connectivity index (χ1n) is 10.9. The average molecular weight is 470 g/mol. The van der Waals surface area contributed by atoms with Gasteiger partial charge in [-0.1, -0.05) is 60.7 Å². The van der Waals surface area contributed by atoms with Gasteiger partial charge in [0.15, 0.2) is 5.69 Å². The van der Waals surface area contributed by atoms with E-state index in [0.717, 1.165) is 11.1 Å². The quantitative estimate of drug-likeness (QED) is 0.289. The minimum absolute atomic E-state index is 0.00633. The van der Waals surface area contributed by atoms with Gasteiger partial charge in [-0.25, -0.2) is 0 Å². The van der Waals surface area contributed by atoms with Crippen LogP contribution in [0.3, 0.4) is 0 Å². The number of amides is 3. The first kappa shape index (κ1) is 23.4. The summed E-state index contributed by atoms with van der Waals surface area (Å²) in [5.74, 6) is -2.72. The highest BCUT2D eigenvalue weighted by Crippen LogP contribution is 2.38. The Kier molecular flexibility index (Phi) is 6.96. The van der Waals surface area contributed by atoms with Crippen molar-refractivity contribution in [2.24, 2.45) is 10.2 Å².